The highest BCUT2D eigenvalue weighted by atomic mass is 32.1. The van der Waals surface area contributed by atoms with Gasteiger partial charge in [0.05, 0.1) is 12.1 Å². The third kappa shape index (κ3) is 3.99. The lowest BCUT2D eigenvalue weighted by atomic mass is 9.95. The van der Waals surface area contributed by atoms with E-state index in [1.54, 1.807) is 11.3 Å². The van der Waals surface area contributed by atoms with Crippen molar-refractivity contribution in [3.05, 3.63) is 39.2 Å². The maximum Gasteiger partial charge on any atom is 0.239 e. The smallest absolute Gasteiger partial charge is 0.239 e. The number of anilines is 1. The number of likely N-dealkylation sites (tertiary alicyclic amines) is 1. The Balaban J connectivity index is 1.54. The highest BCUT2D eigenvalue weighted by Crippen LogP contribution is 2.37. The van der Waals surface area contributed by atoms with Gasteiger partial charge >= 0.3 is 0 Å². The molecule has 4 rings (SSSR count). The van der Waals surface area contributed by atoms with Crippen molar-refractivity contribution in [3.8, 4) is 6.07 Å². The molecular weight excluding hydrogens is 380 g/mol. The third-order valence-electron chi connectivity index (χ3n) is 6.65. The van der Waals surface area contributed by atoms with Gasteiger partial charge in [0.2, 0.25) is 5.91 Å². The van der Waals surface area contributed by atoms with Gasteiger partial charge in [-0.2, -0.15) is 5.26 Å². The molecule has 1 saturated carbocycles. The van der Waals surface area contributed by atoms with Crippen molar-refractivity contribution in [1.29, 1.82) is 5.26 Å². The molecule has 154 valence electrons. The molecule has 1 amide bonds. The molecule has 1 atom stereocenters. The predicted molar refractivity (Wildman–Crippen MR) is 117 cm³/mol. The van der Waals surface area contributed by atoms with Crippen molar-refractivity contribution in [2.24, 2.45) is 0 Å². The van der Waals surface area contributed by atoms with Crippen molar-refractivity contribution >= 4 is 23.1 Å². The molecule has 5 nitrogen and oxygen atoms in total. The first-order chi connectivity index (χ1) is 14.1. The molecule has 0 radical (unpaired) electrons. The SMILES string of the molecule is Cc1c(C#N)c(NC(=O)CN2CCC[C@H]2c2cccs2)n(C2CCCCC2)c1C. The fraction of sp³-hybridized carbons (Fsp3) is 0.565. The fourth-order valence-corrected chi connectivity index (χ4v) is 5.95. The predicted octanol–water partition coefficient (Wildman–Crippen LogP) is 5.32. The molecule has 2 fully saturated rings. The number of thiophene rings is 1. The fourth-order valence-electron chi connectivity index (χ4n) is 5.06. The molecule has 1 aliphatic heterocycles. The Morgan fingerprint density at radius 3 is 2.72 bits per heavy atom. The van der Waals surface area contributed by atoms with Crippen LogP contribution in [-0.4, -0.2) is 28.5 Å². The van der Waals surface area contributed by atoms with Gasteiger partial charge in [-0.25, -0.2) is 0 Å². The average molecular weight is 411 g/mol. The number of hydrogen-bond donors (Lipinski definition) is 1. The largest absolute Gasteiger partial charge is 0.327 e. The molecule has 2 aromatic heterocycles. The van der Waals surface area contributed by atoms with E-state index in [1.165, 1.54) is 24.1 Å². The molecule has 0 aromatic carbocycles. The van der Waals surface area contributed by atoms with Gasteiger partial charge in [0.1, 0.15) is 11.9 Å². The summed E-state index contributed by atoms with van der Waals surface area (Å²) >= 11 is 1.77. The normalized spacial score (nSPS) is 20.7. The van der Waals surface area contributed by atoms with Gasteiger partial charge in [-0.15, -0.1) is 11.3 Å². The van der Waals surface area contributed by atoms with Crippen molar-refractivity contribution in [2.45, 2.75) is 70.9 Å². The van der Waals surface area contributed by atoms with E-state index in [4.69, 9.17) is 0 Å². The van der Waals surface area contributed by atoms with Gasteiger partial charge in [0.25, 0.3) is 0 Å². The quantitative estimate of drug-likeness (QED) is 0.726. The third-order valence-corrected chi connectivity index (χ3v) is 7.62. The summed E-state index contributed by atoms with van der Waals surface area (Å²) in [6.07, 6.45) is 8.18. The van der Waals surface area contributed by atoms with E-state index in [-0.39, 0.29) is 5.91 Å². The second-order valence-corrected chi connectivity index (χ2v) is 9.38. The van der Waals surface area contributed by atoms with Gasteiger partial charge in [-0.05, 0) is 63.1 Å². The van der Waals surface area contributed by atoms with Crippen LogP contribution in [0.3, 0.4) is 0 Å². The Kier molecular flexibility index (Phi) is 6.07. The lowest BCUT2D eigenvalue weighted by Crippen LogP contribution is -2.33. The summed E-state index contributed by atoms with van der Waals surface area (Å²) in [7, 11) is 0. The van der Waals surface area contributed by atoms with Gasteiger partial charge < -0.3 is 9.88 Å². The first kappa shape index (κ1) is 20.2. The summed E-state index contributed by atoms with van der Waals surface area (Å²) in [4.78, 5) is 16.7. The maximum absolute atomic E-state index is 13.0. The number of nitrogens with one attached hydrogen (secondary N) is 1. The molecule has 0 spiro atoms. The first-order valence-electron chi connectivity index (χ1n) is 10.8. The summed E-state index contributed by atoms with van der Waals surface area (Å²) in [5, 5.41) is 15.0. The summed E-state index contributed by atoms with van der Waals surface area (Å²) < 4.78 is 2.24. The Bertz CT molecular complexity index is 902. The zero-order chi connectivity index (χ0) is 20.4. The van der Waals surface area contributed by atoms with E-state index in [0.717, 1.165) is 43.5 Å². The number of carbonyl (C=O) groups is 1. The van der Waals surface area contributed by atoms with E-state index in [1.807, 2.05) is 6.92 Å². The van der Waals surface area contributed by atoms with Gasteiger partial charge in [0, 0.05) is 22.7 Å². The Labute approximate surface area is 177 Å². The Morgan fingerprint density at radius 1 is 1.24 bits per heavy atom. The van der Waals surface area contributed by atoms with Crippen LogP contribution in [0.25, 0.3) is 0 Å². The van der Waals surface area contributed by atoms with E-state index >= 15 is 0 Å². The molecule has 6 heteroatoms. The number of rotatable bonds is 5. The molecule has 0 unspecified atom stereocenters. The van der Waals surface area contributed by atoms with Gasteiger partial charge in [-0.1, -0.05) is 25.3 Å². The van der Waals surface area contributed by atoms with Crippen molar-refractivity contribution in [3.63, 3.8) is 0 Å². The van der Waals surface area contributed by atoms with Gasteiger partial charge in [0.15, 0.2) is 0 Å². The van der Waals surface area contributed by atoms with E-state index in [9.17, 15) is 10.1 Å². The molecule has 2 aliphatic rings. The topological polar surface area (TPSA) is 61.1 Å². The standard InChI is InChI=1S/C23H30N4OS/c1-16-17(2)27(18-8-4-3-5-9-18)23(19(16)14-24)25-22(28)15-26-12-6-10-20(26)21-11-7-13-29-21/h7,11,13,18,20H,3-6,8-10,12,15H2,1-2H3,(H,25,28)/t20-/m0/s1. The summed E-state index contributed by atoms with van der Waals surface area (Å²) in [6.45, 7) is 5.40. The summed E-state index contributed by atoms with van der Waals surface area (Å²) in [5.41, 5.74) is 2.73. The lowest BCUT2D eigenvalue weighted by Gasteiger charge is -2.28. The van der Waals surface area contributed by atoms with Crippen LogP contribution in [0, 0.1) is 25.2 Å². The molecule has 29 heavy (non-hydrogen) atoms. The number of amides is 1. The van der Waals surface area contributed by atoms with E-state index < -0.39 is 0 Å². The summed E-state index contributed by atoms with van der Waals surface area (Å²) in [5.74, 6) is 0.700. The maximum atomic E-state index is 13.0. The Morgan fingerprint density at radius 2 is 2.03 bits per heavy atom. The number of hydrogen-bond acceptors (Lipinski definition) is 4. The monoisotopic (exact) mass is 410 g/mol. The van der Waals surface area contributed by atoms with Crippen LogP contribution >= 0.6 is 11.3 Å². The molecule has 1 aliphatic carbocycles. The first-order valence-corrected chi connectivity index (χ1v) is 11.7. The van der Waals surface area contributed by atoms with Crippen molar-refractivity contribution in [1.82, 2.24) is 9.47 Å². The number of nitriles is 1. The minimum atomic E-state index is -0.0143. The van der Waals surface area contributed by atoms with Crippen LogP contribution in [-0.2, 0) is 4.79 Å². The van der Waals surface area contributed by atoms with Crippen LogP contribution in [0.2, 0.25) is 0 Å². The molecule has 2 aromatic rings. The van der Waals surface area contributed by atoms with Crippen LogP contribution in [0.15, 0.2) is 17.5 Å². The van der Waals surface area contributed by atoms with E-state index in [2.05, 4.69) is 45.3 Å². The average Bonchev–Trinajstić information content (AvgIpc) is 3.44. The van der Waals surface area contributed by atoms with Crippen LogP contribution in [0.1, 0.15) is 78.7 Å². The second kappa shape index (κ2) is 8.73. The van der Waals surface area contributed by atoms with E-state index in [0.29, 0.717) is 30.0 Å². The molecule has 1 N–H and O–H groups in total. The zero-order valence-electron chi connectivity index (χ0n) is 17.4. The lowest BCUT2D eigenvalue weighted by molar-refractivity contribution is -0.117. The molecule has 3 heterocycles. The van der Waals surface area contributed by atoms with Crippen LogP contribution < -0.4 is 5.32 Å². The van der Waals surface area contributed by atoms with Crippen molar-refractivity contribution in [2.75, 3.05) is 18.4 Å². The second-order valence-electron chi connectivity index (χ2n) is 8.40. The number of nitrogens with zero attached hydrogens (tertiary/aromatic N) is 3. The highest BCUT2D eigenvalue weighted by Gasteiger charge is 2.30. The minimum Gasteiger partial charge on any atom is -0.327 e. The molecule has 0 bridgehead atoms. The minimum absolute atomic E-state index is 0.0143. The van der Waals surface area contributed by atoms with Crippen LogP contribution in [0.5, 0.6) is 0 Å². The Hall–Kier alpha value is -2.10. The molecule has 1 saturated heterocycles. The van der Waals surface area contributed by atoms with Crippen molar-refractivity contribution < 1.29 is 4.79 Å². The zero-order valence-corrected chi connectivity index (χ0v) is 18.2. The highest BCUT2D eigenvalue weighted by molar-refractivity contribution is 7.10. The summed E-state index contributed by atoms with van der Waals surface area (Å²) in [6, 6.07) is 7.31. The van der Waals surface area contributed by atoms with Crippen LogP contribution in [0.4, 0.5) is 5.82 Å². The van der Waals surface area contributed by atoms with Gasteiger partial charge in [-0.3, -0.25) is 9.69 Å². The molecular formula is C23H30N4OS. The number of carbonyl (C=O) groups excluding carboxylic acids is 1. The number of aromatic nitrogens is 1.